The van der Waals surface area contributed by atoms with E-state index in [0.29, 0.717) is 12.0 Å². The molecule has 1 aliphatic rings. The van der Waals surface area contributed by atoms with Crippen molar-refractivity contribution in [2.45, 2.75) is 59.1 Å². The largest absolute Gasteiger partial charge is 0.443 e. The van der Waals surface area contributed by atoms with Crippen LogP contribution in [0.3, 0.4) is 0 Å². The molecule has 0 aliphatic carbocycles. The van der Waals surface area contributed by atoms with Crippen molar-refractivity contribution in [1.82, 2.24) is 10.4 Å². The molecule has 0 radical (unpaired) electrons. The highest BCUT2D eigenvalue weighted by atomic mass is 16.6. The van der Waals surface area contributed by atoms with Crippen LogP contribution in [0, 0.1) is 5.92 Å². The van der Waals surface area contributed by atoms with Crippen LogP contribution in [0.25, 0.3) is 0 Å². The van der Waals surface area contributed by atoms with Gasteiger partial charge in [-0.15, -0.1) is 0 Å². The first-order chi connectivity index (χ1) is 7.29. The van der Waals surface area contributed by atoms with Crippen LogP contribution in [0.2, 0.25) is 0 Å². The standard InChI is InChI=1S/C12H24N2O2/c1-9(2)10-7-6-8-14(10)13-11(15)16-12(3,4)5/h9-10H,6-8H2,1-5H3,(H,13,15). The summed E-state index contributed by atoms with van der Waals surface area (Å²) in [6.07, 6.45) is 1.94. The number of nitrogens with one attached hydrogen (secondary N) is 1. The second-order valence-electron chi connectivity index (χ2n) is 5.76. The van der Waals surface area contributed by atoms with Gasteiger partial charge in [0.15, 0.2) is 0 Å². The second kappa shape index (κ2) is 5.04. The van der Waals surface area contributed by atoms with E-state index < -0.39 is 5.60 Å². The maximum Gasteiger partial charge on any atom is 0.422 e. The number of nitrogens with zero attached hydrogens (tertiary/aromatic N) is 1. The van der Waals surface area contributed by atoms with Crippen molar-refractivity contribution in [3.05, 3.63) is 0 Å². The van der Waals surface area contributed by atoms with Gasteiger partial charge >= 0.3 is 6.09 Å². The van der Waals surface area contributed by atoms with Crippen LogP contribution in [0.1, 0.15) is 47.5 Å². The predicted molar refractivity (Wildman–Crippen MR) is 63.9 cm³/mol. The number of hydrogen-bond donors (Lipinski definition) is 1. The lowest BCUT2D eigenvalue weighted by Crippen LogP contribution is -2.48. The third-order valence-electron chi connectivity index (χ3n) is 2.70. The van der Waals surface area contributed by atoms with Gasteiger partial charge in [-0.2, -0.15) is 0 Å². The number of rotatable bonds is 2. The Morgan fingerprint density at radius 1 is 1.44 bits per heavy atom. The quantitative estimate of drug-likeness (QED) is 0.789. The minimum Gasteiger partial charge on any atom is -0.443 e. The Morgan fingerprint density at radius 3 is 2.56 bits per heavy atom. The minimum absolute atomic E-state index is 0.347. The number of hydrazine groups is 1. The molecule has 4 heteroatoms. The summed E-state index contributed by atoms with van der Waals surface area (Å²) in [7, 11) is 0. The zero-order valence-electron chi connectivity index (χ0n) is 11.0. The van der Waals surface area contributed by atoms with Gasteiger partial charge in [0.05, 0.1) is 0 Å². The Balaban J connectivity index is 2.44. The molecule has 0 saturated carbocycles. The van der Waals surface area contributed by atoms with Crippen molar-refractivity contribution < 1.29 is 9.53 Å². The number of amides is 1. The molecule has 4 nitrogen and oxygen atoms in total. The van der Waals surface area contributed by atoms with Gasteiger partial charge in [-0.25, -0.2) is 9.80 Å². The Morgan fingerprint density at radius 2 is 2.06 bits per heavy atom. The third-order valence-corrected chi connectivity index (χ3v) is 2.70. The second-order valence-corrected chi connectivity index (χ2v) is 5.76. The molecule has 1 N–H and O–H groups in total. The summed E-state index contributed by atoms with van der Waals surface area (Å²) in [5.41, 5.74) is 2.41. The maximum absolute atomic E-state index is 11.6. The van der Waals surface area contributed by atoms with E-state index in [1.54, 1.807) is 0 Å². The summed E-state index contributed by atoms with van der Waals surface area (Å²) in [4.78, 5) is 11.6. The van der Waals surface area contributed by atoms with Crippen LogP contribution in [0.5, 0.6) is 0 Å². The lowest BCUT2D eigenvalue weighted by Gasteiger charge is -2.29. The fourth-order valence-electron chi connectivity index (χ4n) is 2.04. The zero-order valence-corrected chi connectivity index (χ0v) is 11.0. The molecule has 1 aliphatic heterocycles. The molecular formula is C12H24N2O2. The summed E-state index contributed by atoms with van der Waals surface area (Å²) in [6, 6.07) is 0.438. The first-order valence-corrected chi connectivity index (χ1v) is 6.06. The van der Waals surface area contributed by atoms with Crippen molar-refractivity contribution in [2.75, 3.05) is 6.54 Å². The minimum atomic E-state index is -0.433. The number of carbonyl (C=O) groups is 1. The number of ether oxygens (including phenoxy) is 1. The molecule has 1 saturated heterocycles. The molecule has 0 bridgehead atoms. The van der Waals surface area contributed by atoms with Crippen molar-refractivity contribution >= 4 is 6.09 Å². The Kier molecular flexibility index (Phi) is 4.19. The van der Waals surface area contributed by atoms with Crippen LogP contribution < -0.4 is 5.43 Å². The van der Waals surface area contributed by atoms with Gasteiger partial charge < -0.3 is 4.74 Å². The van der Waals surface area contributed by atoms with Crippen LogP contribution in [0.4, 0.5) is 4.79 Å². The maximum atomic E-state index is 11.6. The summed E-state index contributed by atoms with van der Waals surface area (Å²) in [6.45, 7) is 10.9. The van der Waals surface area contributed by atoms with E-state index in [1.807, 2.05) is 25.8 Å². The van der Waals surface area contributed by atoms with Gasteiger partial charge in [0.2, 0.25) is 0 Å². The van der Waals surface area contributed by atoms with Gasteiger partial charge in [0, 0.05) is 12.6 Å². The predicted octanol–water partition coefficient (Wildman–Crippen LogP) is 2.55. The van der Waals surface area contributed by atoms with Gasteiger partial charge in [-0.3, -0.25) is 5.43 Å². The highest BCUT2D eigenvalue weighted by Crippen LogP contribution is 2.21. The Hall–Kier alpha value is -0.770. The summed E-state index contributed by atoms with van der Waals surface area (Å²) < 4.78 is 5.24. The fraction of sp³-hybridized carbons (Fsp3) is 0.917. The average molecular weight is 228 g/mol. The van der Waals surface area contributed by atoms with E-state index in [2.05, 4.69) is 19.3 Å². The highest BCUT2D eigenvalue weighted by Gasteiger charge is 2.29. The first kappa shape index (κ1) is 13.3. The molecule has 0 aromatic rings. The molecule has 1 fully saturated rings. The summed E-state index contributed by atoms with van der Waals surface area (Å²) >= 11 is 0. The first-order valence-electron chi connectivity index (χ1n) is 6.06. The molecule has 0 aromatic carbocycles. The van der Waals surface area contributed by atoms with Crippen molar-refractivity contribution in [1.29, 1.82) is 0 Å². The van der Waals surface area contributed by atoms with Gasteiger partial charge in [-0.05, 0) is 39.5 Å². The lowest BCUT2D eigenvalue weighted by molar-refractivity contribution is 0.0273. The molecule has 94 valence electrons. The molecular weight excluding hydrogens is 204 g/mol. The molecule has 1 rings (SSSR count). The molecule has 1 amide bonds. The fourth-order valence-corrected chi connectivity index (χ4v) is 2.04. The normalized spacial score (nSPS) is 22.5. The van der Waals surface area contributed by atoms with E-state index in [-0.39, 0.29) is 6.09 Å². The SMILES string of the molecule is CC(C)C1CCCN1NC(=O)OC(C)(C)C. The van der Waals surface area contributed by atoms with Crippen LogP contribution in [0.15, 0.2) is 0 Å². The average Bonchev–Trinajstić information content (AvgIpc) is 2.47. The number of carbonyl (C=O) groups excluding carboxylic acids is 1. The van der Waals surface area contributed by atoms with Crippen molar-refractivity contribution in [3.8, 4) is 0 Å². The third kappa shape index (κ3) is 4.00. The lowest BCUT2D eigenvalue weighted by atomic mass is 10.0. The van der Waals surface area contributed by atoms with E-state index in [1.165, 1.54) is 0 Å². The van der Waals surface area contributed by atoms with Crippen LogP contribution in [-0.4, -0.2) is 29.3 Å². The van der Waals surface area contributed by atoms with E-state index in [4.69, 9.17) is 4.74 Å². The molecule has 1 unspecified atom stereocenters. The zero-order chi connectivity index (χ0) is 12.3. The van der Waals surface area contributed by atoms with E-state index in [9.17, 15) is 4.79 Å². The molecule has 1 atom stereocenters. The van der Waals surface area contributed by atoms with E-state index >= 15 is 0 Å². The Labute approximate surface area is 98.3 Å². The molecule has 1 heterocycles. The van der Waals surface area contributed by atoms with Crippen LogP contribution in [-0.2, 0) is 4.74 Å². The topological polar surface area (TPSA) is 41.6 Å². The Bertz CT molecular complexity index is 246. The van der Waals surface area contributed by atoms with Gasteiger partial charge in [-0.1, -0.05) is 13.8 Å². The van der Waals surface area contributed by atoms with Gasteiger partial charge in [0.25, 0.3) is 0 Å². The molecule has 0 aromatic heterocycles. The monoisotopic (exact) mass is 228 g/mol. The smallest absolute Gasteiger partial charge is 0.422 e. The summed E-state index contributed by atoms with van der Waals surface area (Å²) in [5, 5.41) is 2.01. The number of hydrogen-bond acceptors (Lipinski definition) is 3. The van der Waals surface area contributed by atoms with Crippen LogP contribution >= 0.6 is 0 Å². The molecule has 0 spiro atoms. The summed E-state index contributed by atoms with van der Waals surface area (Å²) in [5.74, 6) is 0.553. The highest BCUT2D eigenvalue weighted by molar-refractivity contribution is 5.67. The van der Waals surface area contributed by atoms with Crippen molar-refractivity contribution in [3.63, 3.8) is 0 Å². The van der Waals surface area contributed by atoms with E-state index in [0.717, 1.165) is 19.4 Å². The van der Waals surface area contributed by atoms with Crippen molar-refractivity contribution in [2.24, 2.45) is 5.92 Å². The van der Waals surface area contributed by atoms with Gasteiger partial charge in [0.1, 0.15) is 5.60 Å². The molecule has 16 heavy (non-hydrogen) atoms.